The molecule has 0 atom stereocenters. The number of methoxy groups -OCH3 is 1. The first-order valence-electron chi connectivity index (χ1n) is 5.56. The summed E-state index contributed by atoms with van der Waals surface area (Å²) in [7, 11) is 1.60. The number of nitrogens with one attached hydrogen (secondary N) is 1. The fourth-order valence-electron chi connectivity index (χ4n) is 1.52. The first kappa shape index (κ1) is 11.4. The maximum absolute atomic E-state index is 5.17. The maximum Gasteiger partial charge on any atom is 0.218 e. The van der Waals surface area contributed by atoms with Gasteiger partial charge in [0.2, 0.25) is 5.88 Å². The molecule has 2 aromatic rings. The first-order chi connectivity index (χ1) is 8.33. The lowest BCUT2D eigenvalue weighted by atomic mass is 10.2. The van der Waals surface area contributed by atoms with Gasteiger partial charge in [0.1, 0.15) is 5.82 Å². The molecule has 0 bridgehead atoms. The zero-order valence-corrected chi connectivity index (χ0v) is 9.97. The predicted octanol–water partition coefficient (Wildman–Crippen LogP) is 2.58. The quantitative estimate of drug-likeness (QED) is 0.875. The Bertz CT molecular complexity index is 485. The standard InChI is InChI=1S/C13H15N3O/c1-3-14-11-9-12(17-2)16-13(15-11)10-7-5-4-6-8-10/h4-9H,3H2,1-2H3,(H,14,15,16). The monoisotopic (exact) mass is 229 g/mol. The lowest BCUT2D eigenvalue weighted by Crippen LogP contribution is -2.02. The van der Waals surface area contributed by atoms with Gasteiger partial charge in [-0.3, -0.25) is 0 Å². The second-order valence-electron chi connectivity index (χ2n) is 3.52. The molecule has 0 fully saturated rings. The number of hydrogen-bond acceptors (Lipinski definition) is 4. The van der Waals surface area contributed by atoms with Crippen LogP contribution in [-0.2, 0) is 0 Å². The lowest BCUT2D eigenvalue weighted by molar-refractivity contribution is 0.398. The summed E-state index contributed by atoms with van der Waals surface area (Å²) in [5.74, 6) is 2.01. The number of rotatable bonds is 4. The van der Waals surface area contributed by atoms with Crippen molar-refractivity contribution in [2.45, 2.75) is 6.92 Å². The maximum atomic E-state index is 5.17. The van der Waals surface area contributed by atoms with Gasteiger partial charge in [0.25, 0.3) is 0 Å². The van der Waals surface area contributed by atoms with Gasteiger partial charge in [0, 0.05) is 18.2 Å². The molecule has 0 aliphatic rings. The van der Waals surface area contributed by atoms with E-state index >= 15 is 0 Å². The molecule has 4 heteroatoms. The highest BCUT2D eigenvalue weighted by Gasteiger charge is 2.06. The molecule has 1 N–H and O–H groups in total. The number of nitrogens with zero attached hydrogens (tertiary/aromatic N) is 2. The minimum atomic E-state index is 0.565. The molecule has 0 saturated heterocycles. The van der Waals surface area contributed by atoms with Crippen molar-refractivity contribution in [1.82, 2.24) is 9.97 Å². The van der Waals surface area contributed by atoms with E-state index in [9.17, 15) is 0 Å². The Morgan fingerprint density at radius 1 is 1.18 bits per heavy atom. The van der Waals surface area contributed by atoms with Crippen molar-refractivity contribution in [2.24, 2.45) is 0 Å². The Kier molecular flexibility index (Phi) is 3.55. The Balaban J connectivity index is 2.43. The molecule has 0 saturated carbocycles. The summed E-state index contributed by atoms with van der Waals surface area (Å²) in [5, 5.41) is 3.16. The van der Waals surface area contributed by atoms with Crippen LogP contribution in [0.15, 0.2) is 36.4 Å². The van der Waals surface area contributed by atoms with Crippen molar-refractivity contribution in [3.05, 3.63) is 36.4 Å². The van der Waals surface area contributed by atoms with Crippen LogP contribution in [0.3, 0.4) is 0 Å². The summed E-state index contributed by atoms with van der Waals surface area (Å²) in [6, 6.07) is 11.6. The lowest BCUT2D eigenvalue weighted by Gasteiger charge is -2.07. The van der Waals surface area contributed by atoms with Crippen molar-refractivity contribution < 1.29 is 4.74 Å². The summed E-state index contributed by atoms with van der Waals surface area (Å²) in [5.41, 5.74) is 0.977. The molecule has 0 radical (unpaired) electrons. The van der Waals surface area contributed by atoms with E-state index in [0.717, 1.165) is 17.9 Å². The van der Waals surface area contributed by atoms with Gasteiger partial charge in [-0.05, 0) is 6.92 Å². The number of benzene rings is 1. The Hall–Kier alpha value is -2.10. The molecule has 88 valence electrons. The molecule has 0 amide bonds. The van der Waals surface area contributed by atoms with E-state index in [0.29, 0.717) is 11.7 Å². The van der Waals surface area contributed by atoms with E-state index in [1.54, 1.807) is 13.2 Å². The highest BCUT2D eigenvalue weighted by Crippen LogP contribution is 2.20. The molecular formula is C13H15N3O. The van der Waals surface area contributed by atoms with E-state index < -0.39 is 0 Å². The van der Waals surface area contributed by atoms with E-state index in [2.05, 4.69) is 15.3 Å². The van der Waals surface area contributed by atoms with Crippen LogP contribution in [-0.4, -0.2) is 23.6 Å². The zero-order valence-electron chi connectivity index (χ0n) is 9.97. The first-order valence-corrected chi connectivity index (χ1v) is 5.56. The minimum Gasteiger partial charge on any atom is -0.481 e. The van der Waals surface area contributed by atoms with Crippen molar-refractivity contribution in [3.63, 3.8) is 0 Å². The van der Waals surface area contributed by atoms with E-state index in [1.165, 1.54) is 0 Å². The van der Waals surface area contributed by atoms with Crippen LogP contribution >= 0.6 is 0 Å². The Morgan fingerprint density at radius 2 is 1.94 bits per heavy atom. The third-order valence-electron chi connectivity index (χ3n) is 2.30. The van der Waals surface area contributed by atoms with Gasteiger partial charge >= 0.3 is 0 Å². The molecule has 2 rings (SSSR count). The zero-order chi connectivity index (χ0) is 12.1. The molecular weight excluding hydrogens is 214 g/mol. The molecule has 0 unspecified atom stereocenters. The average Bonchev–Trinajstić information content (AvgIpc) is 2.40. The molecule has 0 aliphatic heterocycles. The smallest absolute Gasteiger partial charge is 0.218 e. The molecule has 4 nitrogen and oxygen atoms in total. The Morgan fingerprint density at radius 3 is 2.59 bits per heavy atom. The second-order valence-corrected chi connectivity index (χ2v) is 3.52. The number of anilines is 1. The fourth-order valence-corrected chi connectivity index (χ4v) is 1.52. The van der Waals surface area contributed by atoms with Crippen molar-refractivity contribution in [2.75, 3.05) is 19.0 Å². The molecule has 1 aromatic carbocycles. The van der Waals surface area contributed by atoms with Crippen LogP contribution in [0.4, 0.5) is 5.82 Å². The van der Waals surface area contributed by atoms with Crippen LogP contribution in [0.1, 0.15) is 6.92 Å². The third kappa shape index (κ3) is 2.72. The molecule has 0 spiro atoms. The summed E-state index contributed by atoms with van der Waals surface area (Å²) in [6.45, 7) is 2.84. The van der Waals surface area contributed by atoms with Gasteiger partial charge in [0.05, 0.1) is 7.11 Å². The number of hydrogen-bond donors (Lipinski definition) is 1. The number of aromatic nitrogens is 2. The van der Waals surface area contributed by atoms with Gasteiger partial charge in [-0.25, -0.2) is 4.98 Å². The molecule has 17 heavy (non-hydrogen) atoms. The molecule has 1 aromatic heterocycles. The summed E-state index contributed by atoms with van der Waals surface area (Å²) in [6.07, 6.45) is 0. The molecule has 0 aliphatic carbocycles. The van der Waals surface area contributed by atoms with E-state index in [-0.39, 0.29) is 0 Å². The van der Waals surface area contributed by atoms with Crippen LogP contribution in [0, 0.1) is 0 Å². The second kappa shape index (κ2) is 5.30. The van der Waals surface area contributed by atoms with Crippen LogP contribution in [0.25, 0.3) is 11.4 Å². The molecule has 1 heterocycles. The SMILES string of the molecule is CCNc1cc(OC)nc(-c2ccccc2)n1. The van der Waals surface area contributed by atoms with Crippen LogP contribution in [0.5, 0.6) is 5.88 Å². The minimum absolute atomic E-state index is 0.565. The average molecular weight is 229 g/mol. The summed E-state index contributed by atoms with van der Waals surface area (Å²) < 4.78 is 5.17. The predicted molar refractivity (Wildman–Crippen MR) is 68.2 cm³/mol. The van der Waals surface area contributed by atoms with Gasteiger partial charge in [-0.15, -0.1) is 0 Å². The normalized spacial score (nSPS) is 10.0. The van der Waals surface area contributed by atoms with E-state index in [4.69, 9.17) is 4.74 Å². The van der Waals surface area contributed by atoms with Crippen LogP contribution in [0.2, 0.25) is 0 Å². The largest absolute Gasteiger partial charge is 0.481 e. The van der Waals surface area contributed by atoms with Crippen molar-refractivity contribution in [1.29, 1.82) is 0 Å². The summed E-state index contributed by atoms with van der Waals surface area (Å²) in [4.78, 5) is 8.77. The van der Waals surface area contributed by atoms with Gasteiger partial charge in [0.15, 0.2) is 5.82 Å². The van der Waals surface area contributed by atoms with E-state index in [1.807, 2.05) is 37.3 Å². The van der Waals surface area contributed by atoms with Gasteiger partial charge < -0.3 is 10.1 Å². The van der Waals surface area contributed by atoms with Crippen molar-refractivity contribution in [3.8, 4) is 17.3 Å². The van der Waals surface area contributed by atoms with Crippen molar-refractivity contribution >= 4 is 5.82 Å². The van der Waals surface area contributed by atoms with Crippen LogP contribution < -0.4 is 10.1 Å². The topological polar surface area (TPSA) is 47.0 Å². The third-order valence-corrected chi connectivity index (χ3v) is 2.30. The van der Waals surface area contributed by atoms with Gasteiger partial charge in [-0.2, -0.15) is 4.98 Å². The van der Waals surface area contributed by atoms with Gasteiger partial charge in [-0.1, -0.05) is 30.3 Å². The highest BCUT2D eigenvalue weighted by atomic mass is 16.5. The Labute approximate surface area is 101 Å². The summed E-state index contributed by atoms with van der Waals surface area (Å²) >= 11 is 0. The number of ether oxygens (including phenoxy) is 1. The highest BCUT2D eigenvalue weighted by molar-refractivity contribution is 5.58. The fraction of sp³-hybridized carbons (Fsp3) is 0.231.